The first kappa shape index (κ1) is 25.0. The smallest absolute Gasteiger partial charge is 0.416 e. The minimum absolute atomic E-state index is 0.164. The van der Waals surface area contributed by atoms with Crippen molar-refractivity contribution in [1.82, 2.24) is 20.2 Å². The van der Waals surface area contributed by atoms with Crippen LogP contribution in [0.4, 0.5) is 9.59 Å². The monoisotopic (exact) mass is 518 g/mol. The summed E-state index contributed by atoms with van der Waals surface area (Å²) in [6, 6.07) is 10.6. The molecule has 0 aliphatic heterocycles. The van der Waals surface area contributed by atoms with Gasteiger partial charge < -0.3 is 23.6 Å². The van der Waals surface area contributed by atoms with E-state index >= 15 is 0 Å². The molecule has 0 bridgehead atoms. The Kier molecular flexibility index (Phi) is 6.60. The minimum atomic E-state index is -0.890. The lowest BCUT2D eigenvalue weighted by Gasteiger charge is -2.27. The van der Waals surface area contributed by atoms with E-state index in [2.05, 4.69) is 14.7 Å². The minimum Gasteiger partial charge on any atom is -0.496 e. The predicted octanol–water partition coefficient (Wildman–Crippen LogP) is 3.88. The molecule has 2 aromatic heterocycles. The zero-order valence-corrected chi connectivity index (χ0v) is 21.2. The Morgan fingerprint density at radius 2 is 1.95 bits per heavy atom. The third kappa shape index (κ3) is 4.59. The maximum Gasteiger partial charge on any atom is 0.416 e. The topological polar surface area (TPSA) is 136 Å². The number of H-pyrrole nitrogens is 1. The van der Waals surface area contributed by atoms with E-state index in [4.69, 9.17) is 13.9 Å². The van der Waals surface area contributed by atoms with Gasteiger partial charge in [-0.3, -0.25) is 9.69 Å². The number of nitrogens with zero attached hydrogens (tertiary/aromatic N) is 2. The molecule has 1 aliphatic carbocycles. The SMILES string of the molecule is COC(=O)NC(=O)O[C@H]1Cc2ccc(-c3cc(=O)c4cc(-c5cnco5)c(OC)cc4[nH]3)cc2[C@@H]1N(C)C. The average Bonchev–Trinajstić information content (AvgIpc) is 3.55. The first-order valence-electron chi connectivity index (χ1n) is 11.8. The summed E-state index contributed by atoms with van der Waals surface area (Å²) in [4.78, 5) is 46.0. The molecule has 0 saturated heterocycles. The van der Waals surface area contributed by atoms with Crippen molar-refractivity contribution < 1.29 is 28.2 Å². The number of nitrogens with one attached hydrogen (secondary N) is 2. The number of oxazole rings is 1. The maximum absolute atomic E-state index is 13.2. The Morgan fingerprint density at radius 1 is 1.13 bits per heavy atom. The molecule has 0 unspecified atom stereocenters. The number of amides is 2. The fourth-order valence-electron chi connectivity index (χ4n) is 4.91. The van der Waals surface area contributed by atoms with Gasteiger partial charge in [0.1, 0.15) is 11.9 Å². The average molecular weight is 519 g/mol. The molecule has 5 rings (SSSR count). The summed E-state index contributed by atoms with van der Waals surface area (Å²) >= 11 is 0. The Bertz CT molecular complexity index is 1580. The summed E-state index contributed by atoms with van der Waals surface area (Å²) in [6.07, 6.45) is 1.08. The standard InChI is InChI=1S/C27H26N4O7/c1-31(2)25-16-7-15(6-5-14(16)8-23(25)38-27(34)30-26(33)36-4)19-10-21(32)17-9-18(24-12-28-13-37-24)22(35-3)11-20(17)29-19/h5-7,9-13,23,25H,8H2,1-4H3,(H,29,32)(H,30,33,34)/t23-,25-/m0/s1. The molecule has 2 N–H and O–H groups in total. The molecule has 38 heavy (non-hydrogen) atoms. The Labute approximate surface area is 217 Å². The van der Waals surface area contributed by atoms with Gasteiger partial charge in [0, 0.05) is 29.6 Å². The molecule has 0 spiro atoms. The van der Waals surface area contributed by atoms with E-state index in [1.54, 1.807) is 31.5 Å². The highest BCUT2D eigenvalue weighted by atomic mass is 16.6. The van der Waals surface area contributed by atoms with Gasteiger partial charge in [-0.2, -0.15) is 0 Å². The van der Waals surface area contributed by atoms with Crippen LogP contribution < -0.4 is 15.5 Å². The second-order valence-electron chi connectivity index (χ2n) is 9.10. The lowest BCUT2D eigenvalue weighted by atomic mass is 10.0. The van der Waals surface area contributed by atoms with Gasteiger partial charge in [-0.1, -0.05) is 12.1 Å². The van der Waals surface area contributed by atoms with Gasteiger partial charge in [0.2, 0.25) is 0 Å². The first-order chi connectivity index (χ1) is 18.3. The van der Waals surface area contributed by atoms with E-state index < -0.39 is 18.3 Å². The van der Waals surface area contributed by atoms with Gasteiger partial charge in [-0.15, -0.1) is 0 Å². The van der Waals surface area contributed by atoms with Gasteiger partial charge >= 0.3 is 12.2 Å². The molecule has 0 fully saturated rings. The first-order valence-corrected chi connectivity index (χ1v) is 11.8. The zero-order chi connectivity index (χ0) is 27.0. The predicted molar refractivity (Wildman–Crippen MR) is 138 cm³/mol. The summed E-state index contributed by atoms with van der Waals surface area (Å²) in [5.41, 5.74) is 4.47. The number of fused-ring (bicyclic) bond motifs is 2. The highest BCUT2D eigenvalue weighted by molar-refractivity contribution is 5.89. The summed E-state index contributed by atoms with van der Waals surface area (Å²) in [7, 11) is 6.49. The van der Waals surface area contributed by atoms with Crippen molar-refractivity contribution in [2.75, 3.05) is 28.3 Å². The van der Waals surface area contributed by atoms with Crippen LogP contribution >= 0.6 is 0 Å². The number of hydrogen-bond acceptors (Lipinski definition) is 9. The quantitative estimate of drug-likeness (QED) is 0.403. The molecular formula is C27H26N4O7. The number of hydrogen-bond donors (Lipinski definition) is 2. The number of alkyl carbamates (subject to hydrolysis) is 2. The Morgan fingerprint density at radius 3 is 2.63 bits per heavy atom. The van der Waals surface area contributed by atoms with Crippen molar-refractivity contribution in [2.45, 2.75) is 18.6 Å². The van der Waals surface area contributed by atoms with Gasteiger partial charge in [0.05, 0.1) is 37.5 Å². The number of imide groups is 1. The van der Waals surface area contributed by atoms with Crippen LogP contribution in [0.15, 0.2) is 58.2 Å². The Balaban J connectivity index is 1.50. The van der Waals surface area contributed by atoms with Gasteiger partial charge in [0.15, 0.2) is 17.6 Å². The molecule has 11 nitrogen and oxygen atoms in total. The molecule has 196 valence electrons. The van der Waals surface area contributed by atoms with Crippen LogP contribution in [0.5, 0.6) is 5.75 Å². The molecule has 1 aliphatic rings. The number of carbonyl (C=O) groups excluding carboxylic acids is 2. The highest BCUT2D eigenvalue weighted by Gasteiger charge is 2.37. The largest absolute Gasteiger partial charge is 0.496 e. The van der Waals surface area contributed by atoms with Crippen LogP contribution in [0.25, 0.3) is 33.5 Å². The van der Waals surface area contributed by atoms with Crippen LogP contribution in [0.2, 0.25) is 0 Å². The second-order valence-corrected chi connectivity index (χ2v) is 9.10. The number of rotatable bonds is 5. The van der Waals surface area contributed by atoms with E-state index in [9.17, 15) is 14.4 Å². The van der Waals surface area contributed by atoms with Gasteiger partial charge in [-0.05, 0) is 42.9 Å². The van der Waals surface area contributed by atoms with Crippen molar-refractivity contribution >= 4 is 23.1 Å². The Hall–Kier alpha value is -4.64. The lowest BCUT2D eigenvalue weighted by molar-refractivity contribution is 0.0529. The van der Waals surface area contributed by atoms with Gasteiger partial charge in [0.25, 0.3) is 0 Å². The highest BCUT2D eigenvalue weighted by Crippen LogP contribution is 2.39. The summed E-state index contributed by atoms with van der Waals surface area (Å²) < 4.78 is 21.0. The number of aromatic nitrogens is 2. The third-order valence-corrected chi connectivity index (χ3v) is 6.60. The summed E-state index contributed by atoms with van der Waals surface area (Å²) in [5, 5.41) is 2.51. The lowest BCUT2D eigenvalue weighted by Crippen LogP contribution is -2.37. The number of ether oxygens (including phenoxy) is 3. The molecule has 2 heterocycles. The molecule has 2 atom stereocenters. The molecule has 0 radical (unpaired) electrons. The molecule has 0 saturated carbocycles. The second kappa shape index (κ2) is 10.0. The van der Waals surface area contributed by atoms with Crippen LogP contribution in [0, 0.1) is 0 Å². The van der Waals surface area contributed by atoms with Crippen molar-refractivity contribution in [3.8, 4) is 28.3 Å². The molecule has 2 amide bonds. The zero-order valence-electron chi connectivity index (χ0n) is 21.2. The fraction of sp³-hybridized carbons (Fsp3) is 0.259. The fourth-order valence-corrected chi connectivity index (χ4v) is 4.91. The van der Waals surface area contributed by atoms with Gasteiger partial charge in [-0.25, -0.2) is 19.9 Å². The van der Waals surface area contributed by atoms with Crippen molar-refractivity contribution in [1.29, 1.82) is 0 Å². The molecule has 4 aromatic rings. The van der Waals surface area contributed by atoms with E-state index in [-0.39, 0.29) is 11.5 Å². The van der Waals surface area contributed by atoms with Crippen LogP contribution in [-0.2, 0) is 15.9 Å². The number of benzene rings is 2. The van der Waals surface area contributed by atoms with Crippen molar-refractivity contribution in [3.63, 3.8) is 0 Å². The van der Waals surface area contributed by atoms with E-state index in [1.807, 2.05) is 42.5 Å². The van der Waals surface area contributed by atoms with Crippen LogP contribution in [-0.4, -0.2) is 61.5 Å². The number of likely N-dealkylation sites (N-methyl/N-ethyl adjacent to an activating group) is 1. The van der Waals surface area contributed by atoms with E-state index in [0.29, 0.717) is 40.1 Å². The van der Waals surface area contributed by atoms with Crippen molar-refractivity contribution in [3.05, 3.63) is 70.3 Å². The third-order valence-electron chi connectivity index (χ3n) is 6.60. The normalized spacial score (nSPS) is 16.3. The van der Waals surface area contributed by atoms with E-state index in [1.165, 1.54) is 13.5 Å². The summed E-state index contributed by atoms with van der Waals surface area (Å²) in [6.45, 7) is 0. The van der Waals surface area contributed by atoms with E-state index in [0.717, 1.165) is 16.7 Å². The number of methoxy groups -OCH3 is 2. The maximum atomic E-state index is 13.2. The van der Waals surface area contributed by atoms with Crippen molar-refractivity contribution in [2.24, 2.45) is 0 Å². The number of aromatic amines is 1. The summed E-state index contributed by atoms with van der Waals surface area (Å²) in [5.74, 6) is 1.03. The number of carbonyl (C=O) groups is 2. The molecule has 11 heteroatoms. The number of pyridine rings is 1. The molecular weight excluding hydrogens is 492 g/mol. The van der Waals surface area contributed by atoms with Crippen LogP contribution in [0.1, 0.15) is 17.2 Å². The molecule has 2 aromatic carbocycles. The van der Waals surface area contributed by atoms with Crippen LogP contribution in [0.3, 0.4) is 0 Å².